The average Bonchev–Trinajstić information content (AvgIpc) is 2.83. The fourth-order valence-electron chi connectivity index (χ4n) is 3.38. The number of hydrogen-bond donors (Lipinski definition) is 1. The molecule has 5 heteroatoms. The third kappa shape index (κ3) is 4.94. The first kappa shape index (κ1) is 18.4. The van der Waals surface area contributed by atoms with Gasteiger partial charge < -0.3 is 19.6 Å². The zero-order chi connectivity index (χ0) is 15.8. The van der Waals surface area contributed by atoms with Gasteiger partial charge in [-0.05, 0) is 31.8 Å². The number of nitrogens with zero attached hydrogens (tertiary/aromatic N) is 2. The van der Waals surface area contributed by atoms with Crippen molar-refractivity contribution in [1.82, 2.24) is 9.80 Å². The third-order valence-electron chi connectivity index (χ3n) is 4.65. The van der Waals surface area contributed by atoms with Gasteiger partial charge in [-0.2, -0.15) is 0 Å². The normalized spacial score (nSPS) is 25.8. The maximum absolute atomic E-state index is 12.2. The quantitative estimate of drug-likeness (QED) is 0.695. The molecule has 1 rings (SSSR count). The Morgan fingerprint density at radius 1 is 1.43 bits per heavy atom. The number of carbonyl (C=O) groups is 1. The van der Waals surface area contributed by atoms with Crippen LogP contribution in [-0.2, 0) is 9.53 Å². The van der Waals surface area contributed by atoms with Crippen molar-refractivity contribution in [2.45, 2.75) is 39.2 Å². The van der Waals surface area contributed by atoms with Crippen LogP contribution in [0, 0.1) is 11.8 Å². The van der Waals surface area contributed by atoms with Crippen LogP contribution in [0.25, 0.3) is 0 Å². The summed E-state index contributed by atoms with van der Waals surface area (Å²) >= 11 is 0. The van der Waals surface area contributed by atoms with Gasteiger partial charge in [0.15, 0.2) is 0 Å². The van der Waals surface area contributed by atoms with E-state index in [1.54, 1.807) is 0 Å². The van der Waals surface area contributed by atoms with Crippen LogP contribution in [0.4, 0.5) is 0 Å². The summed E-state index contributed by atoms with van der Waals surface area (Å²) < 4.78 is 4.96. The van der Waals surface area contributed by atoms with E-state index >= 15 is 0 Å². The molecule has 0 saturated carbocycles. The molecular formula is C16H32N2O3. The molecule has 0 spiro atoms. The van der Waals surface area contributed by atoms with Crippen molar-refractivity contribution < 1.29 is 14.6 Å². The Labute approximate surface area is 129 Å². The first-order valence-electron chi connectivity index (χ1n) is 8.16. The topological polar surface area (TPSA) is 53.0 Å². The minimum atomic E-state index is -0.0679. The highest BCUT2D eigenvalue weighted by Gasteiger charge is 2.42. The molecule has 5 nitrogen and oxygen atoms in total. The van der Waals surface area contributed by atoms with Gasteiger partial charge in [-0.25, -0.2) is 0 Å². The summed E-state index contributed by atoms with van der Waals surface area (Å²) in [6, 6.07) is -0.0679. The van der Waals surface area contributed by atoms with E-state index in [2.05, 4.69) is 25.8 Å². The lowest BCUT2D eigenvalue weighted by Gasteiger charge is -2.30. The van der Waals surface area contributed by atoms with Crippen molar-refractivity contribution in [3.63, 3.8) is 0 Å². The highest BCUT2D eigenvalue weighted by Crippen LogP contribution is 2.32. The van der Waals surface area contributed by atoms with E-state index in [9.17, 15) is 9.90 Å². The van der Waals surface area contributed by atoms with Gasteiger partial charge in [-0.15, -0.1) is 0 Å². The van der Waals surface area contributed by atoms with Crippen LogP contribution in [0.2, 0.25) is 0 Å². The zero-order valence-corrected chi connectivity index (χ0v) is 14.0. The number of ether oxygens (including phenoxy) is 1. The maximum Gasteiger partial charge on any atom is 0.248 e. The van der Waals surface area contributed by atoms with Crippen molar-refractivity contribution in [3.05, 3.63) is 0 Å². The van der Waals surface area contributed by atoms with Gasteiger partial charge in [0.25, 0.3) is 0 Å². The summed E-state index contributed by atoms with van der Waals surface area (Å²) in [7, 11) is 3.67. The Balaban J connectivity index is 2.72. The molecule has 1 heterocycles. The number of amides is 1. The molecule has 0 unspecified atom stereocenters. The minimum Gasteiger partial charge on any atom is -0.394 e. The van der Waals surface area contributed by atoms with Gasteiger partial charge >= 0.3 is 0 Å². The second kappa shape index (κ2) is 9.38. The van der Waals surface area contributed by atoms with Crippen LogP contribution in [0.1, 0.15) is 33.1 Å². The Bertz CT molecular complexity index is 312. The Hall–Kier alpha value is -0.650. The van der Waals surface area contributed by atoms with E-state index in [4.69, 9.17) is 4.74 Å². The summed E-state index contributed by atoms with van der Waals surface area (Å²) in [6.45, 7) is 7.27. The predicted molar refractivity (Wildman–Crippen MR) is 84.1 cm³/mol. The molecule has 1 N–H and O–H groups in total. The number of aliphatic hydroxyl groups excluding tert-OH is 1. The number of methoxy groups -OCH3 is 1. The second-order valence-electron chi connectivity index (χ2n) is 6.18. The van der Waals surface area contributed by atoms with Crippen LogP contribution in [0.3, 0.4) is 0 Å². The van der Waals surface area contributed by atoms with E-state index in [0.29, 0.717) is 11.8 Å². The van der Waals surface area contributed by atoms with Gasteiger partial charge in [0.2, 0.25) is 5.91 Å². The molecule has 0 aromatic heterocycles. The van der Waals surface area contributed by atoms with Crippen LogP contribution in [0.15, 0.2) is 0 Å². The Kier molecular flexibility index (Phi) is 8.22. The van der Waals surface area contributed by atoms with Crippen molar-refractivity contribution in [2.75, 3.05) is 47.0 Å². The number of rotatable bonds is 9. The van der Waals surface area contributed by atoms with Crippen molar-refractivity contribution in [1.29, 1.82) is 0 Å². The van der Waals surface area contributed by atoms with Crippen LogP contribution >= 0.6 is 0 Å². The molecule has 1 aliphatic rings. The molecule has 21 heavy (non-hydrogen) atoms. The second-order valence-corrected chi connectivity index (χ2v) is 6.18. The minimum absolute atomic E-state index is 0.00582. The first-order valence-corrected chi connectivity index (χ1v) is 8.16. The molecule has 3 atom stereocenters. The lowest BCUT2D eigenvalue weighted by molar-refractivity contribution is -0.137. The highest BCUT2D eigenvalue weighted by atomic mass is 16.5. The lowest BCUT2D eigenvalue weighted by atomic mass is 9.88. The number of carbonyl (C=O) groups excluding carboxylic acids is 1. The van der Waals surface area contributed by atoms with Crippen molar-refractivity contribution in [3.8, 4) is 0 Å². The monoisotopic (exact) mass is 300 g/mol. The van der Waals surface area contributed by atoms with E-state index in [1.807, 2.05) is 4.90 Å². The lowest BCUT2D eigenvalue weighted by Crippen LogP contribution is -2.44. The maximum atomic E-state index is 12.2. The van der Waals surface area contributed by atoms with E-state index in [1.165, 1.54) is 20.0 Å². The summed E-state index contributed by atoms with van der Waals surface area (Å²) in [5.74, 6) is 0.809. The van der Waals surface area contributed by atoms with Gasteiger partial charge in [0, 0.05) is 20.2 Å². The van der Waals surface area contributed by atoms with Crippen LogP contribution in [0.5, 0.6) is 0 Å². The first-order chi connectivity index (χ1) is 10.1. The number of hydrogen-bond acceptors (Lipinski definition) is 4. The van der Waals surface area contributed by atoms with E-state index in [0.717, 1.165) is 26.1 Å². The fourth-order valence-corrected chi connectivity index (χ4v) is 3.38. The zero-order valence-electron chi connectivity index (χ0n) is 14.0. The summed E-state index contributed by atoms with van der Waals surface area (Å²) in [5, 5.41) is 9.77. The standard InChI is InChI=1S/C16H32N2O3/c1-5-7-8-17(3)10-14-13(6-2)9-18(15(14)11-19)16(20)12-21-4/h13-15,19H,5-12H2,1-4H3/t13-,14-,15-/m1/s1. The molecule has 1 saturated heterocycles. The molecule has 0 aliphatic carbocycles. The smallest absolute Gasteiger partial charge is 0.248 e. The predicted octanol–water partition coefficient (Wildman–Crippen LogP) is 1.21. The summed E-state index contributed by atoms with van der Waals surface area (Å²) in [4.78, 5) is 16.3. The van der Waals surface area contributed by atoms with Gasteiger partial charge in [0.1, 0.15) is 6.61 Å². The van der Waals surface area contributed by atoms with Crippen LogP contribution in [-0.4, -0.2) is 73.9 Å². The Morgan fingerprint density at radius 2 is 2.14 bits per heavy atom. The number of aliphatic hydroxyl groups is 1. The van der Waals surface area contributed by atoms with Crippen molar-refractivity contribution in [2.24, 2.45) is 11.8 Å². The van der Waals surface area contributed by atoms with Crippen LogP contribution < -0.4 is 0 Å². The molecule has 0 bridgehead atoms. The van der Waals surface area contributed by atoms with E-state index < -0.39 is 0 Å². The average molecular weight is 300 g/mol. The Morgan fingerprint density at radius 3 is 2.67 bits per heavy atom. The summed E-state index contributed by atoms with van der Waals surface area (Å²) in [6.07, 6.45) is 3.42. The van der Waals surface area contributed by atoms with Gasteiger partial charge in [0.05, 0.1) is 12.6 Å². The highest BCUT2D eigenvalue weighted by molar-refractivity contribution is 5.78. The third-order valence-corrected chi connectivity index (χ3v) is 4.65. The molecule has 124 valence electrons. The van der Waals surface area contributed by atoms with E-state index in [-0.39, 0.29) is 25.2 Å². The molecule has 1 fully saturated rings. The molecular weight excluding hydrogens is 268 g/mol. The number of likely N-dealkylation sites (tertiary alicyclic amines) is 1. The fraction of sp³-hybridized carbons (Fsp3) is 0.938. The van der Waals surface area contributed by atoms with Gasteiger partial charge in [-0.3, -0.25) is 4.79 Å². The molecule has 1 aliphatic heterocycles. The molecule has 1 amide bonds. The largest absolute Gasteiger partial charge is 0.394 e. The number of unbranched alkanes of at least 4 members (excludes halogenated alkanes) is 1. The summed E-state index contributed by atoms with van der Waals surface area (Å²) in [5.41, 5.74) is 0. The SMILES string of the molecule is CCCCN(C)C[C@@H]1[C@H](CC)CN(C(=O)COC)[C@@H]1CO. The molecule has 0 radical (unpaired) electrons. The molecule has 0 aromatic carbocycles. The van der Waals surface area contributed by atoms with Gasteiger partial charge in [-0.1, -0.05) is 26.7 Å². The molecule has 0 aromatic rings. The van der Waals surface area contributed by atoms with Crippen molar-refractivity contribution >= 4 is 5.91 Å².